The highest BCUT2D eigenvalue weighted by atomic mass is 19.1. The van der Waals surface area contributed by atoms with E-state index in [1.807, 2.05) is 6.07 Å². The van der Waals surface area contributed by atoms with Crippen molar-refractivity contribution in [3.63, 3.8) is 0 Å². The van der Waals surface area contributed by atoms with Gasteiger partial charge in [-0.25, -0.2) is 4.39 Å². The smallest absolute Gasteiger partial charge is 0.146 e. The summed E-state index contributed by atoms with van der Waals surface area (Å²) in [6, 6.07) is 5.20. The summed E-state index contributed by atoms with van der Waals surface area (Å²) >= 11 is 0. The summed E-state index contributed by atoms with van der Waals surface area (Å²) in [5.74, 6) is -0.290. The van der Waals surface area contributed by atoms with E-state index in [1.165, 1.54) is 38.5 Å². The van der Waals surface area contributed by atoms with E-state index >= 15 is 0 Å². The molecule has 1 heterocycles. The number of nitrogens with two attached hydrogens (primary N) is 1. The van der Waals surface area contributed by atoms with Gasteiger partial charge in [0.2, 0.25) is 0 Å². The second-order valence-corrected chi connectivity index (χ2v) is 6.34. The zero-order valence-corrected chi connectivity index (χ0v) is 11.5. The molecule has 1 aromatic carbocycles. The topological polar surface area (TPSA) is 29.3 Å². The van der Waals surface area contributed by atoms with Gasteiger partial charge < -0.3 is 5.73 Å². The van der Waals surface area contributed by atoms with E-state index in [4.69, 9.17) is 5.73 Å². The first-order valence-electron chi connectivity index (χ1n) is 7.43. The van der Waals surface area contributed by atoms with Crippen molar-refractivity contribution in [1.29, 1.82) is 0 Å². The largest absolute Gasteiger partial charge is 0.396 e. The third-order valence-electron chi connectivity index (χ3n) is 5.05. The molecule has 1 aliphatic heterocycles. The van der Waals surface area contributed by atoms with Gasteiger partial charge >= 0.3 is 0 Å². The van der Waals surface area contributed by atoms with Crippen molar-refractivity contribution >= 4 is 5.69 Å². The Morgan fingerprint density at radius 3 is 2.42 bits per heavy atom. The average molecular weight is 262 g/mol. The maximum atomic E-state index is 13.4. The molecule has 0 radical (unpaired) electrons. The third-order valence-corrected chi connectivity index (χ3v) is 5.05. The summed E-state index contributed by atoms with van der Waals surface area (Å²) in [7, 11) is 0. The number of hydrogen-bond donors (Lipinski definition) is 1. The number of hydrogen-bond acceptors (Lipinski definition) is 2. The van der Waals surface area contributed by atoms with Crippen molar-refractivity contribution in [2.45, 2.75) is 45.1 Å². The Bertz CT molecular complexity index is 442. The van der Waals surface area contributed by atoms with Gasteiger partial charge in [0.15, 0.2) is 0 Å². The summed E-state index contributed by atoms with van der Waals surface area (Å²) in [6.07, 6.45) is 8.34. The molecule has 0 unspecified atom stereocenters. The molecule has 2 N–H and O–H groups in total. The van der Waals surface area contributed by atoms with Crippen LogP contribution < -0.4 is 5.73 Å². The molecule has 104 valence electrons. The van der Waals surface area contributed by atoms with Crippen molar-refractivity contribution in [3.8, 4) is 0 Å². The first kappa shape index (κ1) is 12.9. The van der Waals surface area contributed by atoms with Crippen LogP contribution in [-0.4, -0.2) is 18.0 Å². The lowest BCUT2D eigenvalue weighted by Gasteiger charge is -2.39. The summed E-state index contributed by atoms with van der Waals surface area (Å²) in [5, 5.41) is 0. The molecule has 0 aromatic heterocycles. The van der Waals surface area contributed by atoms with Gasteiger partial charge in [-0.05, 0) is 61.9 Å². The highest BCUT2D eigenvalue weighted by molar-refractivity contribution is 5.41. The SMILES string of the molecule is Nc1ccc(CN2CCC3(CCCC3)CC2)cc1F. The monoisotopic (exact) mass is 262 g/mol. The van der Waals surface area contributed by atoms with E-state index in [-0.39, 0.29) is 11.5 Å². The molecular weight excluding hydrogens is 239 g/mol. The van der Waals surface area contributed by atoms with E-state index in [1.54, 1.807) is 12.1 Å². The third kappa shape index (κ3) is 2.76. The first-order valence-corrected chi connectivity index (χ1v) is 7.43. The zero-order valence-electron chi connectivity index (χ0n) is 11.5. The lowest BCUT2D eigenvalue weighted by Crippen LogP contribution is -2.38. The van der Waals surface area contributed by atoms with Crippen LogP contribution in [0.5, 0.6) is 0 Å². The number of piperidine rings is 1. The van der Waals surface area contributed by atoms with Crippen molar-refractivity contribution in [3.05, 3.63) is 29.6 Å². The standard InChI is InChI=1S/C16H23FN2/c17-14-11-13(3-4-15(14)18)12-19-9-7-16(8-10-19)5-1-2-6-16/h3-4,11H,1-2,5-10,12,18H2. The molecule has 0 atom stereocenters. The van der Waals surface area contributed by atoms with Gasteiger partial charge in [0.25, 0.3) is 0 Å². The molecule has 3 rings (SSSR count). The molecule has 3 heteroatoms. The fourth-order valence-corrected chi connectivity index (χ4v) is 3.74. The van der Waals surface area contributed by atoms with Gasteiger partial charge in [-0.3, -0.25) is 4.90 Å². The number of benzene rings is 1. The highest BCUT2D eigenvalue weighted by Gasteiger charge is 2.36. The van der Waals surface area contributed by atoms with Crippen LogP contribution in [0.15, 0.2) is 18.2 Å². The van der Waals surface area contributed by atoms with Gasteiger partial charge in [0.1, 0.15) is 5.82 Å². The lowest BCUT2D eigenvalue weighted by molar-refractivity contribution is 0.103. The fraction of sp³-hybridized carbons (Fsp3) is 0.625. The van der Waals surface area contributed by atoms with Crippen LogP contribution in [0.25, 0.3) is 0 Å². The molecular formula is C16H23FN2. The number of anilines is 1. The zero-order chi connectivity index (χ0) is 13.3. The highest BCUT2D eigenvalue weighted by Crippen LogP contribution is 2.46. The van der Waals surface area contributed by atoms with Gasteiger partial charge in [0, 0.05) is 6.54 Å². The van der Waals surface area contributed by atoms with Gasteiger partial charge in [-0.1, -0.05) is 18.9 Å². The average Bonchev–Trinajstić information content (AvgIpc) is 2.86. The summed E-state index contributed by atoms with van der Waals surface area (Å²) in [5.41, 5.74) is 7.45. The van der Waals surface area contributed by atoms with Crippen LogP contribution in [0, 0.1) is 11.2 Å². The molecule has 1 spiro atoms. The van der Waals surface area contributed by atoms with E-state index in [0.29, 0.717) is 5.41 Å². The van der Waals surface area contributed by atoms with Gasteiger partial charge in [-0.15, -0.1) is 0 Å². The molecule has 0 amide bonds. The molecule has 2 aliphatic rings. The molecule has 1 saturated heterocycles. The van der Waals surface area contributed by atoms with Crippen LogP contribution in [0.3, 0.4) is 0 Å². The maximum Gasteiger partial charge on any atom is 0.146 e. The summed E-state index contributed by atoms with van der Waals surface area (Å²) < 4.78 is 13.4. The van der Waals surface area contributed by atoms with E-state index in [2.05, 4.69) is 4.90 Å². The van der Waals surface area contributed by atoms with Crippen LogP contribution in [-0.2, 0) is 6.54 Å². The Morgan fingerprint density at radius 2 is 1.79 bits per heavy atom. The molecule has 19 heavy (non-hydrogen) atoms. The Labute approximate surface area is 114 Å². The predicted octanol–water partition coefficient (Wildman–Crippen LogP) is 3.56. The minimum Gasteiger partial charge on any atom is -0.396 e. The Balaban J connectivity index is 1.58. The second kappa shape index (κ2) is 5.12. The van der Waals surface area contributed by atoms with E-state index in [0.717, 1.165) is 25.2 Å². The predicted molar refractivity (Wildman–Crippen MR) is 76.2 cm³/mol. The first-order chi connectivity index (χ1) is 9.17. The summed E-state index contributed by atoms with van der Waals surface area (Å²) in [4.78, 5) is 2.45. The number of nitrogens with zero attached hydrogens (tertiary/aromatic N) is 1. The Kier molecular flexibility index (Phi) is 3.48. The molecule has 2 nitrogen and oxygen atoms in total. The van der Waals surface area contributed by atoms with Gasteiger partial charge in [0.05, 0.1) is 5.69 Å². The molecule has 1 saturated carbocycles. The van der Waals surface area contributed by atoms with Crippen LogP contribution in [0.1, 0.15) is 44.1 Å². The van der Waals surface area contributed by atoms with Crippen LogP contribution >= 0.6 is 0 Å². The number of halogens is 1. The van der Waals surface area contributed by atoms with Crippen molar-refractivity contribution < 1.29 is 4.39 Å². The molecule has 1 aromatic rings. The Hall–Kier alpha value is -1.09. The molecule has 2 fully saturated rings. The van der Waals surface area contributed by atoms with E-state index < -0.39 is 0 Å². The normalized spacial score (nSPS) is 23.0. The quantitative estimate of drug-likeness (QED) is 0.826. The number of rotatable bonds is 2. The van der Waals surface area contributed by atoms with Gasteiger partial charge in [-0.2, -0.15) is 0 Å². The minimum absolute atomic E-state index is 0.243. The molecule has 1 aliphatic carbocycles. The van der Waals surface area contributed by atoms with Crippen LogP contribution in [0.4, 0.5) is 10.1 Å². The van der Waals surface area contributed by atoms with Crippen molar-refractivity contribution in [2.75, 3.05) is 18.8 Å². The number of nitrogen functional groups attached to an aromatic ring is 1. The van der Waals surface area contributed by atoms with E-state index in [9.17, 15) is 4.39 Å². The Morgan fingerprint density at radius 1 is 1.11 bits per heavy atom. The number of likely N-dealkylation sites (tertiary alicyclic amines) is 1. The van der Waals surface area contributed by atoms with Crippen molar-refractivity contribution in [1.82, 2.24) is 4.90 Å². The lowest BCUT2D eigenvalue weighted by atomic mass is 9.77. The van der Waals surface area contributed by atoms with Crippen LogP contribution in [0.2, 0.25) is 0 Å². The second-order valence-electron chi connectivity index (χ2n) is 6.34. The minimum atomic E-state index is -0.290. The summed E-state index contributed by atoms with van der Waals surface area (Å²) in [6.45, 7) is 3.17. The maximum absolute atomic E-state index is 13.4. The fourth-order valence-electron chi connectivity index (χ4n) is 3.74. The molecule has 0 bridgehead atoms. The van der Waals surface area contributed by atoms with Crippen molar-refractivity contribution in [2.24, 2.45) is 5.41 Å².